The predicted molar refractivity (Wildman–Crippen MR) is 128 cm³/mol. The Balaban J connectivity index is 0.00000300. The van der Waals surface area contributed by atoms with Gasteiger partial charge in [-0.25, -0.2) is 4.39 Å². The molecule has 0 radical (unpaired) electrons. The summed E-state index contributed by atoms with van der Waals surface area (Å²) in [4.78, 5) is 6.77. The molecule has 3 rings (SSSR count). The fraction of sp³-hybridized carbons (Fsp3) is 0.381. The first-order chi connectivity index (χ1) is 13.5. The topological polar surface area (TPSA) is 62.9 Å². The van der Waals surface area contributed by atoms with Gasteiger partial charge in [-0.05, 0) is 49.7 Å². The zero-order chi connectivity index (χ0) is 20.1. The molecule has 2 aromatic rings. The van der Waals surface area contributed by atoms with Crippen LogP contribution in [0.2, 0.25) is 5.02 Å². The molecule has 29 heavy (non-hydrogen) atoms. The van der Waals surface area contributed by atoms with Crippen LogP contribution in [-0.2, 0) is 11.3 Å². The minimum absolute atomic E-state index is 0. The standard InChI is InChI=1S/C21H26ClFN4O.HI/c1-27-10-9-15(20(27)14-7-8-17(22)18(23)11-14)12-25-21(24)26-19-6-4-3-5-16(19)13-28-2;/h3-8,11,15,20H,9-10,12-13H2,1-2H3,(H3,24,25,26);1H. The SMILES string of the molecule is COCc1ccccc1NC(N)=NCC1CCN(C)C1c1ccc(Cl)c(F)c1.I. The van der Waals surface area contributed by atoms with Crippen LogP contribution in [0.25, 0.3) is 0 Å². The summed E-state index contributed by atoms with van der Waals surface area (Å²) in [6.07, 6.45) is 0.975. The van der Waals surface area contributed by atoms with E-state index in [1.54, 1.807) is 13.2 Å². The van der Waals surface area contributed by atoms with Gasteiger partial charge in [0.05, 0.1) is 11.6 Å². The molecular formula is C21H27ClFIN4O. The summed E-state index contributed by atoms with van der Waals surface area (Å²) in [6, 6.07) is 12.9. The number of nitrogens with one attached hydrogen (secondary N) is 1. The van der Waals surface area contributed by atoms with E-state index in [2.05, 4.69) is 15.2 Å². The monoisotopic (exact) mass is 532 g/mol. The Morgan fingerprint density at radius 1 is 1.34 bits per heavy atom. The van der Waals surface area contributed by atoms with E-state index in [0.29, 0.717) is 19.1 Å². The zero-order valence-electron chi connectivity index (χ0n) is 16.6. The number of hydrogen-bond acceptors (Lipinski definition) is 3. The smallest absolute Gasteiger partial charge is 0.193 e. The molecule has 1 heterocycles. The zero-order valence-corrected chi connectivity index (χ0v) is 19.7. The molecule has 0 saturated carbocycles. The van der Waals surface area contributed by atoms with Crippen molar-refractivity contribution >= 4 is 47.2 Å². The number of hydrogen-bond donors (Lipinski definition) is 2. The lowest BCUT2D eigenvalue weighted by molar-refractivity contribution is 0.185. The fourth-order valence-electron chi connectivity index (χ4n) is 3.76. The molecular weight excluding hydrogens is 506 g/mol. The number of methoxy groups -OCH3 is 1. The largest absolute Gasteiger partial charge is 0.380 e. The van der Waals surface area contributed by atoms with Crippen molar-refractivity contribution in [2.75, 3.05) is 32.6 Å². The number of likely N-dealkylation sites (tertiary alicyclic amines) is 1. The van der Waals surface area contributed by atoms with E-state index in [1.165, 1.54) is 6.07 Å². The van der Waals surface area contributed by atoms with E-state index in [9.17, 15) is 4.39 Å². The molecule has 0 bridgehead atoms. The summed E-state index contributed by atoms with van der Waals surface area (Å²) >= 11 is 5.83. The van der Waals surface area contributed by atoms with Gasteiger partial charge in [0.2, 0.25) is 0 Å². The quantitative estimate of drug-likeness (QED) is 0.323. The highest BCUT2D eigenvalue weighted by molar-refractivity contribution is 14.0. The summed E-state index contributed by atoms with van der Waals surface area (Å²) in [5, 5.41) is 3.30. The predicted octanol–water partition coefficient (Wildman–Crippen LogP) is 4.66. The first-order valence-electron chi connectivity index (χ1n) is 9.28. The van der Waals surface area contributed by atoms with Gasteiger partial charge in [0.15, 0.2) is 5.96 Å². The van der Waals surface area contributed by atoms with Crippen LogP contribution in [0.1, 0.15) is 23.6 Å². The van der Waals surface area contributed by atoms with Crippen LogP contribution >= 0.6 is 35.6 Å². The molecule has 2 aromatic carbocycles. The number of nitrogens with zero attached hydrogens (tertiary/aromatic N) is 2. The lowest BCUT2D eigenvalue weighted by atomic mass is 9.94. The Labute approximate surface area is 193 Å². The average Bonchev–Trinajstić information content (AvgIpc) is 3.05. The first-order valence-corrected chi connectivity index (χ1v) is 9.66. The molecule has 0 spiro atoms. The van der Waals surface area contributed by atoms with Crippen LogP contribution in [0, 0.1) is 11.7 Å². The number of ether oxygens (including phenoxy) is 1. The minimum Gasteiger partial charge on any atom is -0.380 e. The number of para-hydroxylation sites is 1. The number of halogens is 3. The van der Waals surface area contributed by atoms with E-state index >= 15 is 0 Å². The summed E-state index contributed by atoms with van der Waals surface area (Å²) in [5.74, 6) is 0.219. The van der Waals surface area contributed by atoms with Gasteiger partial charge in [-0.2, -0.15) is 0 Å². The van der Waals surface area contributed by atoms with Crippen LogP contribution in [0.15, 0.2) is 47.5 Å². The maximum Gasteiger partial charge on any atom is 0.193 e. The number of benzene rings is 2. The highest BCUT2D eigenvalue weighted by Gasteiger charge is 2.33. The van der Waals surface area contributed by atoms with Crippen LogP contribution in [0.3, 0.4) is 0 Å². The van der Waals surface area contributed by atoms with Gasteiger partial charge in [0.25, 0.3) is 0 Å². The molecule has 1 aliphatic heterocycles. The summed E-state index contributed by atoms with van der Waals surface area (Å²) < 4.78 is 19.1. The molecule has 2 atom stereocenters. The number of nitrogens with two attached hydrogens (primary N) is 1. The maximum absolute atomic E-state index is 13.9. The summed E-state index contributed by atoms with van der Waals surface area (Å²) in [5.41, 5.74) is 8.93. The van der Waals surface area contributed by atoms with Crippen molar-refractivity contribution in [3.8, 4) is 0 Å². The van der Waals surface area contributed by atoms with Crippen LogP contribution in [0.4, 0.5) is 10.1 Å². The minimum atomic E-state index is -0.391. The van der Waals surface area contributed by atoms with Gasteiger partial charge in [-0.15, -0.1) is 24.0 Å². The van der Waals surface area contributed by atoms with Crippen molar-refractivity contribution in [2.45, 2.75) is 19.1 Å². The van der Waals surface area contributed by atoms with Gasteiger partial charge in [0.1, 0.15) is 5.82 Å². The fourth-order valence-corrected chi connectivity index (χ4v) is 3.87. The second-order valence-electron chi connectivity index (χ2n) is 7.09. The van der Waals surface area contributed by atoms with Crippen molar-refractivity contribution < 1.29 is 9.13 Å². The van der Waals surface area contributed by atoms with E-state index in [1.807, 2.05) is 37.4 Å². The third-order valence-electron chi connectivity index (χ3n) is 5.14. The van der Waals surface area contributed by atoms with Crippen molar-refractivity contribution in [1.29, 1.82) is 0 Å². The highest BCUT2D eigenvalue weighted by Crippen LogP contribution is 2.37. The van der Waals surface area contributed by atoms with Gasteiger partial charge in [-0.3, -0.25) is 9.89 Å². The number of rotatable bonds is 6. The van der Waals surface area contributed by atoms with E-state index in [-0.39, 0.29) is 41.0 Å². The first kappa shape index (κ1) is 23.9. The van der Waals surface area contributed by atoms with E-state index in [4.69, 9.17) is 22.1 Å². The Bertz CT molecular complexity index is 851. The maximum atomic E-state index is 13.9. The summed E-state index contributed by atoms with van der Waals surface area (Å²) in [7, 11) is 3.70. The van der Waals surface area contributed by atoms with E-state index < -0.39 is 5.82 Å². The Kier molecular flexibility index (Phi) is 9.13. The molecule has 0 amide bonds. The van der Waals surface area contributed by atoms with Crippen LogP contribution < -0.4 is 11.1 Å². The van der Waals surface area contributed by atoms with Crippen molar-refractivity contribution in [3.63, 3.8) is 0 Å². The van der Waals surface area contributed by atoms with Crippen molar-refractivity contribution in [3.05, 3.63) is 64.4 Å². The molecule has 3 N–H and O–H groups in total. The van der Waals surface area contributed by atoms with Gasteiger partial charge >= 0.3 is 0 Å². The average molecular weight is 533 g/mol. The van der Waals surface area contributed by atoms with Crippen molar-refractivity contribution in [2.24, 2.45) is 16.6 Å². The number of aliphatic imine (C=N–C) groups is 1. The molecule has 1 aliphatic rings. The summed E-state index contributed by atoms with van der Waals surface area (Å²) in [6.45, 7) is 1.98. The third kappa shape index (κ3) is 6.04. The van der Waals surface area contributed by atoms with Gasteiger partial charge in [0, 0.05) is 30.9 Å². The van der Waals surface area contributed by atoms with Gasteiger partial charge < -0.3 is 15.8 Å². The Hall–Kier alpha value is -1.42. The lowest BCUT2D eigenvalue weighted by Crippen LogP contribution is -2.26. The molecule has 158 valence electrons. The second kappa shape index (κ2) is 11.1. The third-order valence-corrected chi connectivity index (χ3v) is 5.44. The molecule has 8 heteroatoms. The molecule has 1 fully saturated rings. The van der Waals surface area contributed by atoms with Crippen molar-refractivity contribution in [1.82, 2.24) is 4.90 Å². The molecule has 5 nitrogen and oxygen atoms in total. The normalized spacial score (nSPS) is 19.8. The highest BCUT2D eigenvalue weighted by atomic mass is 127. The number of guanidine groups is 1. The van der Waals surface area contributed by atoms with Crippen LogP contribution in [0.5, 0.6) is 0 Å². The number of anilines is 1. The van der Waals surface area contributed by atoms with E-state index in [0.717, 1.165) is 29.8 Å². The van der Waals surface area contributed by atoms with Gasteiger partial charge in [-0.1, -0.05) is 35.9 Å². The Morgan fingerprint density at radius 3 is 2.83 bits per heavy atom. The Morgan fingerprint density at radius 2 is 2.10 bits per heavy atom. The van der Waals surface area contributed by atoms with Crippen LogP contribution in [-0.4, -0.2) is 38.1 Å². The molecule has 0 aliphatic carbocycles. The second-order valence-corrected chi connectivity index (χ2v) is 7.50. The molecule has 2 unspecified atom stereocenters. The molecule has 0 aromatic heterocycles. The molecule has 1 saturated heterocycles. The lowest BCUT2D eigenvalue weighted by Gasteiger charge is -2.25.